The third-order valence-electron chi connectivity index (χ3n) is 3.58. The zero-order chi connectivity index (χ0) is 18.7. The lowest BCUT2D eigenvalue weighted by atomic mass is 10.1. The molecule has 0 bridgehead atoms. The maximum Gasteiger partial charge on any atom is 0.229 e. The van der Waals surface area contributed by atoms with Crippen LogP contribution in [0.25, 0.3) is 11.3 Å². The first-order chi connectivity index (χ1) is 12.3. The van der Waals surface area contributed by atoms with Crippen molar-refractivity contribution in [3.8, 4) is 17.0 Å². The zero-order valence-corrected chi connectivity index (χ0v) is 16.2. The van der Waals surface area contributed by atoms with Crippen LogP contribution >= 0.6 is 11.3 Å². The van der Waals surface area contributed by atoms with Crippen LogP contribution < -0.4 is 14.8 Å². The average Bonchev–Trinajstić information content (AvgIpc) is 3.03. The minimum absolute atomic E-state index is 0.523. The van der Waals surface area contributed by atoms with Crippen molar-refractivity contribution in [1.29, 1.82) is 0 Å². The van der Waals surface area contributed by atoms with Gasteiger partial charge in [0.2, 0.25) is 10.0 Å². The molecular formula is C18H19N3O3S2. The molecule has 0 aliphatic heterocycles. The fraction of sp³-hybridized carbons (Fsp3) is 0.167. The number of aryl methyl sites for hydroxylation is 1. The molecule has 0 aliphatic carbocycles. The van der Waals surface area contributed by atoms with E-state index in [0.29, 0.717) is 5.69 Å². The summed E-state index contributed by atoms with van der Waals surface area (Å²) in [6.07, 6.45) is 1.12. The number of methoxy groups -OCH3 is 1. The summed E-state index contributed by atoms with van der Waals surface area (Å²) in [7, 11) is -1.65. The van der Waals surface area contributed by atoms with E-state index in [-0.39, 0.29) is 0 Å². The van der Waals surface area contributed by atoms with E-state index in [2.05, 4.69) is 15.0 Å². The Labute approximate surface area is 156 Å². The fourth-order valence-electron chi connectivity index (χ4n) is 2.42. The maximum absolute atomic E-state index is 11.3. The second kappa shape index (κ2) is 7.35. The molecule has 0 atom stereocenters. The van der Waals surface area contributed by atoms with Gasteiger partial charge in [0.25, 0.3) is 0 Å². The SMILES string of the molecule is COc1ccc(C)cc1Nc1nc(-c2ccc(NS(C)(=O)=O)cc2)cs1. The summed E-state index contributed by atoms with van der Waals surface area (Å²) in [6, 6.07) is 13.0. The molecule has 8 heteroatoms. The molecule has 1 aromatic heterocycles. The molecule has 1 heterocycles. The van der Waals surface area contributed by atoms with E-state index in [0.717, 1.165) is 39.6 Å². The first-order valence-electron chi connectivity index (χ1n) is 7.79. The molecule has 2 N–H and O–H groups in total. The van der Waals surface area contributed by atoms with Crippen molar-refractivity contribution in [2.24, 2.45) is 0 Å². The van der Waals surface area contributed by atoms with E-state index in [4.69, 9.17) is 4.74 Å². The summed E-state index contributed by atoms with van der Waals surface area (Å²) >= 11 is 1.49. The monoisotopic (exact) mass is 389 g/mol. The largest absolute Gasteiger partial charge is 0.495 e. The molecule has 0 saturated heterocycles. The molecule has 26 heavy (non-hydrogen) atoms. The molecule has 2 aromatic carbocycles. The molecule has 6 nitrogen and oxygen atoms in total. The van der Waals surface area contributed by atoms with Gasteiger partial charge in [-0.25, -0.2) is 13.4 Å². The number of anilines is 3. The third kappa shape index (κ3) is 4.53. The van der Waals surface area contributed by atoms with Crippen LogP contribution in [0, 0.1) is 6.92 Å². The van der Waals surface area contributed by atoms with Gasteiger partial charge in [-0.15, -0.1) is 11.3 Å². The second-order valence-electron chi connectivity index (χ2n) is 5.82. The fourth-order valence-corrected chi connectivity index (χ4v) is 3.72. The predicted molar refractivity (Wildman–Crippen MR) is 107 cm³/mol. The zero-order valence-electron chi connectivity index (χ0n) is 14.6. The third-order valence-corrected chi connectivity index (χ3v) is 4.95. The van der Waals surface area contributed by atoms with E-state index in [1.165, 1.54) is 11.3 Å². The van der Waals surface area contributed by atoms with Gasteiger partial charge in [-0.05, 0) is 36.8 Å². The number of hydrogen-bond donors (Lipinski definition) is 2. The van der Waals surface area contributed by atoms with Gasteiger partial charge in [0.05, 0.1) is 24.7 Å². The minimum atomic E-state index is -3.28. The Hall–Kier alpha value is -2.58. The Bertz CT molecular complexity index is 1010. The number of benzene rings is 2. The Morgan fingerprint density at radius 2 is 1.85 bits per heavy atom. The number of nitrogens with one attached hydrogen (secondary N) is 2. The van der Waals surface area contributed by atoms with Crippen molar-refractivity contribution >= 4 is 37.9 Å². The number of hydrogen-bond acceptors (Lipinski definition) is 6. The van der Waals surface area contributed by atoms with E-state index in [1.54, 1.807) is 19.2 Å². The standard InChI is InChI=1S/C18H19N3O3S2/c1-12-4-9-17(24-2)15(10-12)19-18-20-16(11-25-18)13-5-7-14(8-6-13)21-26(3,22)23/h4-11,21H,1-3H3,(H,19,20). The summed E-state index contributed by atoms with van der Waals surface area (Å²) in [4.78, 5) is 4.60. The number of thiazole rings is 1. The second-order valence-corrected chi connectivity index (χ2v) is 8.42. The van der Waals surface area contributed by atoms with Crippen LogP contribution in [-0.4, -0.2) is 26.8 Å². The molecular weight excluding hydrogens is 370 g/mol. The Balaban J connectivity index is 1.79. The Kier molecular flexibility index (Phi) is 5.15. The average molecular weight is 390 g/mol. The first-order valence-corrected chi connectivity index (χ1v) is 10.6. The normalized spacial score (nSPS) is 11.2. The molecule has 0 amide bonds. The first kappa shape index (κ1) is 18.2. The van der Waals surface area contributed by atoms with Crippen LogP contribution in [0.2, 0.25) is 0 Å². The van der Waals surface area contributed by atoms with Crippen LogP contribution in [-0.2, 0) is 10.0 Å². The number of rotatable bonds is 6. The number of sulfonamides is 1. The molecule has 0 radical (unpaired) electrons. The molecule has 0 fully saturated rings. The number of nitrogens with zero attached hydrogens (tertiary/aromatic N) is 1. The molecule has 3 rings (SSSR count). The van der Waals surface area contributed by atoms with Gasteiger partial charge in [0, 0.05) is 16.6 Å². The molecule has 136 valence electrons. The summed E-state index contributed by atoms with van der Waals surface area (Å²) in [5, 5.41) is 5.99. The molecule has 3 aromatic rings. The van der Waals surface area contributed by atoms with E-state index in [9.17, 15) is 8.42 Å². The van der Waals surface area contributed by atoms with Crippen LogP contribution in [0.3, 0.4) is 0 Å². The van der Waals surface area contributed by atoms with Gasteiger partial charge >= 0.3 is 0 Å². The van der Waals surface area contributed by atoms with E-state index < -0.39 is 10.0 Å². The smallest absolute Gasteiger partial charge is 0.229 e. The molecule has 0 aliphatic rings. The molecule has 0 saturated carbocycles. The van der Waals surface area contributed by atoms with E-state index in [1.807, 2.05) is 42.6 Å². The van der Waals surface area contributed by atoms with Crippen LogP contribution in [0.5, 0.6) is 5.75 Å². The van der Waals surface area contributed by atoms with Crippen LogP contribution in [0.1, 0.15) is 5.56 Å². The highest BCUT2D eigenvalue weighted by atomic mass is 32.2. The van der Waals surface area contributed by atoms with Crippen molar-refractivity contribution in [1.82, 2.24) is 4.98 Å². The van der Waals surface area contributed by atoms with Gasteiger partial charge in [0.15, 0.2) is 5.13 Å². The maximum atomic E-state index is 11.3. The quantitative estimate of drug-likeness (QED) is 0.659. The number of ether oxygens (including phenoxy) is 1. The van der Waals surface area contributed by atoms with Crippen molar-refractivity contribution in [2.75, 3.05) is 23.4 Å². The number of aromatic nitrogens is 1. The molecule has 0 spiro atoms. The summed E-state index contributed by atoms with van der Waals surface area (Å²) in [5.74, 6) is 0.753. The highest BCUT2D eigenvalue weighted by Crippen LogP contribution is 2.32. The lowest BCUT2D eigenvalue weighted by molar-refractivity contribution is 0.416. The summed E-state index contributed by atoms with van der Waals surface area (Å²) < 4.78 is 30.4. The highest BCUT2D eigenvalue weighted by Gasteiger charge is 2.09. The van der Waals surface area contributed by atoms with Gasteiger partial charge in [-0.2, -0.15) is 0 Å². The van der Waals surface area contributed by atoms with Gasteiger partial charge < -0.3 is 10.1 Å². The minimum Gasteiger partial charge on any atom is -0.495 e. The van der Waals surface area contributed by atoms with Crippen molar-refractivity contribution < 1.29 is 13.2 Å². The van der Waals surface area contributed by atoms with Crippen molar-refractivity contribution in [2.45, 2.75) is 6.92 Å². The van der Waals surface area contributed by atoms with Gasteiger partial charge in [-0.1, -0.05) is 18.2 Å². The van der Waals surface area contributed by atoms with E-state index >= 15 is 0 Å². The Morgan fingerprint density at radius 3 is 2.50 bits per heavy atom. The van der Waals surface area contributed by atoms with Crippen molar-refractivity contribution in [3.63, 3.8) is 0 Å². The predicted octanol–water partition coefficient (Wildman–Crippen LogP) is 4.24. The van der Waals surface area contributed by atoms with Crippen LogP contribution in [0.4, 0.5) is 16.5 Å². The van der Waals surface area contributed by atoms with Crippen LogP contribution in [0.15, 0.2) is 47.8 Å². The lowest BCUT2D eigenvalue weighted by Gasteiger charge is -2.09. The van der Waals surface area contributed by atoms with Gasteiger partial charge in [0.1, 0.15) is 5.75 Å². The summed E-state index contributed by atoms with van der Waals surface area (Å²) in [5.41, 5.74) is 4.23. The molecule has 0 unspecified atom stereocenters. The topological polar surface area (TPSA) is 80.3 Å². The highest BCUT2D eigenvalue weighted by molar-refractivity contribution is 7.92. The Morgan fingerprint density at radius 1 is 1.12 bits per heavy atom. The van der Waals surface area contributed by atoms with Crippen molar-refractivity contribution in [3.05, 3.63) is 53.4 Å². The lowest BCUT2D eigenvalue weighted by Crippen LogP contribution is -2.09. The summed E-state index contributed by atoms with van der Waals surface area (Å²) in [6.45, 7) is 2.02. The van der Waals surface area contributed by atoms with Gasteiger partial charge in [-0.3, -0.25) is 4.72 Å².